The maximum absolute atomic E-state index is 13.7. The maximum atomic E-state index is 13.7. The molecule has 1 fully saturated rings. The van der Waals surface area contributed by atoms with E-state index in [4.69, 9.17) is 9.73 Å². The van der Waals surface area contributed by atoms with Gasteiger partial charge in [0.2, 0.25) is 0 Å². The van der Waals surface area contributed by atoms with Crippen molar-refractivity contribution in [1.82, 2.24) is 4.90 Å². The van der Waals surface area contributed by atoms with Crippen molar-refractivity contribution in [2.45, 2.75) is 18.2 Å². The standard InChI is InChI=1S/C27H24FN3O2S2/c1-3-30-22-17-21(33-2)13-14-23(22)34-26(30)24-25(32)31(16-15-18-7-5-4-6-8-18)27(35-24)29-20-11-9-19(28)10-12-20/h4-14,17H,3,15-16H2,1-2H3/b26-24-,29-27?. The fourth-order valence-corrected chi connectivity index (χ4v) is 6.40. The number of carbonyl (C=O) groups excluding carboxylic acids is 1. The van der Waals surface area contributed by atoms with Crippen LogP contribution < -0.4 is 9.64 Å². The van der Waals surface area contributed by atoms with Gasteiger partial charge in [0.25, 0.3) is 5.91 Å². The van der Waals surface area contributed by atoms with Gasteiger partial charge in [-0.05, 0) is 67.1 Å². The van der Waals surface area contributed by atoms with Gasteiger partial charge in [-0.25, -0.2) is 9.38 Å². The first kappa shape index (κ1) is 23.5. The lowest BCUT2D eigenvalue weighted by Gasteiger charge is -2.19. The number of amidine groups is 1. The number of halogens is 1. The number of hydrogen-bond acceptors (Lipinski definition) is 6. The molecule has 8 heteroatoms. The van der Waals surface area contributed by atoms with Gasteiger partial charge in [0.1, 0.15) is 21.5 Å². The quantitative estimate of drug-likeness (QED) is 0.361. The number of nitrogens with zero attached hydrogens (tertiary/aromatic N) is 3. The van der Waals surface area contributed by atoms with Gasteiger partial charge in [0, 0.05) is 24.1 Å². The molecular weight excluding hydrogens is 481 g/mol. The van der Waals surface area contributed by atoms with Crippen LogP contribution in [0.15, 0.2) is 92.6 Å². The van der Waals surface area contributed by atoms with E-state index in [-0.39, 0.29) is 11.7 Å². The van der Waals surface area contributed by atoms with Crippen LogP contribution in [-0.2, 0) is 11.2 Å². The topological polar surface area (TPSA) is 45.1 Å². The van der Waals surface area contributed by atoms with E-state index in [2.05, 4.69) is 24.0 Å². The van der Waals surface area contributed by atoms with Gasteiger partial charge in [-0.1, -0.05) is 42.1 Å². The van der Waals surface area contributed by atoms with E-state index in [1.165, 1.54) is 23.9 Å². The summed E-state index contributed by atoms with van der Waals surface area (Å²) >= 11 is 2.97. The van der Waals surface area contributed by atoms with Crippen molar-refractivity contribution < 1.29 is 13.9 Å². The lowest BCUT2D eigenvalue weighted by molar-refractivity contribution is -0.122. The van der Waals surface area contributed by atoms with Crippen LogP contribution in [0, 0.1) is 5.82 Å². The van der Waals surface area contributed by atoms with E-state index in [9.17, 15) is 9.18 Å². The van der Waals surface area contributed by atoms with Crippen molar-refractivity contribution >= 4 is 46.0 Å². The number of methoxy groups -OCH3 is 1. The predicted molar refractivity (Wildman–Crippen MR) is 142 cm³/mol. The van der Waals surface area contributed by atoms with Gasteiger partial charge in [-0.15, -0.1) is 0 Å². The summed E-state index contributed by atoms with van der Waals surface area (Å²) in [4.78, 5) is 24.1. The Morgan fingerprint density at radius 3 is 2.46 bits per heavy atom. The van der Waals surface area contributed by atoms with Crippen molar-refractivity contribution in [2.75, 3.05) is 25.1 Å². The molecule has 178 valence electrons. The Kier molecular flexibility index (Phi) is 6.83. The summed E-state index contributed by atoms with van der Waals surface area (Å²) in [5.74, 6) is 0.400. The van der Waals surface area contributed by atoms with Crippen LogP contribution in [0.1, 0.15) is 12.5 Å². The molecule has 0 bridgehead atoms. The van der Waals surface area contributed by atoms with Crippen LogP contribution in [0.4, 0.5) is 15.8 Å². The molecule has 0 radical (unpaired) electrons. The first-order chi connectivity index (χ1) is 17.1. The third-order valence-corrected chi connectivity index (χ3v) is 8.18. The van der Waals surface area contributed by atoms with Crippen molar-refractivity contribution in [3.05, 3.63) is 94.1 Å². The van der Waals surface area contributed by atoms with E-state index in [1.54, 1.807) is 35.9 Å². The van der Waals surface area contributed by atoms with Crippen molar-refractivity contribution in [3.8, 4) is 5.75 Å². The molecule has 0 saturated carbocycles. The lowest BCUT2D eigenvalue weighted by atomic mass is 10.1. The molecule has 5 rings (SSSR count). The largest absolute Gasteiger partial charge is 0.497 e. The van der Waals surface area contributed by atoms with E-state index in [0.29, 0.717) is 35.3 Å². The SMILES string of the molecule is CCN1/C(=C2/SC(=Nc3ccc(F)cc3)N(CCc3ccccc3)C2=O)Sc2ccc(OC)cc21. The Labute approximate surface area is 212 Å². The minimum absolute atomic E-state index is 0.0625. The van der Waals surface area contributed by atoms with Crippen LogP contribution in [0.2, 0.25) is 0 Å². The van der Waals surface area contributed by atoms with E-state index in [0.717, 1.165) is 26.9 Å². The van der Waals surface area contributed by atoms with Gasteiger partial charge in [0.05, 0.1) is 18.5 Å². The first-order valence-electron chi connectivity index (χ1n) is 11.3. The highest BCUT2D eigenvalue weighted by Gasteiger charge is 2.39. The van der Waals surface area contributed by atoms with E-state index < -0.39 is 0 Å². The minimum Gasteiger partial charge on any atom is -0.497 e. The molecular formula is C27H24FN3O2S2. The smallest absolute Gasteiger partial charge is 0.269 e. The molecule has 0 N–H and O–H groups in total. The Morgan fingerprint density at radius 2 is 1.74 bits per heavy atom. The Bertz CT molecular complexity index is 1310. The number of fused-ring (bicyclic) bond motifs is 1. The molecule has 2 aliphatic heterocycles. The molecule has 1 saturated heterocycles. The molecule has 0 aromatic heterocycles. The van der Waals surface area contributed by atoms with Gasteiger partial charge >= 0.3 is 0 Å². The molecule has 0 unspecified atom stereocenters. The summed E-state index contributed by atoms with van der Waals surface area (Å²) in [7, 11) is 1.65. The number of rotatable bonds is 6. The number of ether oxygens (including phenoxy) is 1. The number of benzene rings is 3. The molecule has 1 amide bonds. The summed E-state index contributed by atoms with van der Waals surface area (Å²) in [5, 5.41) is 1.50. The highest BCUT2D eigenvalue weighted by Crippen LogP contribution is 2.51. The molecule has 35 heavy (non-hydrogen) atoms. The zero-order valence-electron chi connectivity index (χ0n) is 19.4. The summed E-state index contributed by atoms with van der Waals surface area (Å²) in [5.41, 5.74) is 2.79. The number of thioether (sulfide) groups is 2. The van der Waals surface area contributed by atoms with Gasteiger partial charge in [-0.2, -0.15) is 0 Å². The van der Waals surface area contributed by atoms with Crippen LogP contribution in [0.3, 0.4) is 0 Å². The molecule has 0 atom stereocenters. The lowest BCUT2D eigenvalue weighted by Crippen LogP contribution is -2.32. The Hall–Kier alpha value is -3.23. The molecule has 0 spiro atoms. The summed E-state index contributed by atoms with van der Waals surface area (Å²) in [6.45, 7) is 3.29. The second-order valence-corrected chi connectivity index (χ2v) is 9.99. The fourth-order valence-electron chi connectivity index (χ4n) is 4.00. The van der Waals surface area contributed by atoms with Crippen LogP contribution in [0.25, 0.3) is 0 Å². The van der Waals surface area contributed by atoms with Gasteiger partial charge in [-0.3, -0.25) is 9.69 Å². The monoisotopic (exact) mass is 505 g/mol. The highest BCUT2D eigenvalue weighted by atomic mass is 32.2. The van der Waals surface area contributed by atoms with E-state index >= 15 is 0 Å². The first-order valence-corrected chi connectivity index (χ1v) is 13.0. The summed E-state index contributed by atoms with van der Waals surface area (Å²) in [6.07, 6.45) is 0.709. The molecule has 2 heterocycles. The zero-order chi connectivity index (χ0) is 24.4. The Morgan fingerprint density at radius 1 is 0.971 bits per heavy atom. The van der Waals surface area contributed by atoms with Crippen LogP contribution >= 0.6 is 23.5 Å². The maximum Gasteiger partial charge on any atom is 0.269 e. The molecule has 3 aromatic rings. The number of hydrogen-bond donors (Lipinski definition) is 0. The molecule has 3 aromatic carbocycles. The average molecular weight is 506 g/mol. The average Bonchev–Trinajstić information content (AvgIpc) is 3.40. The predicted octanol–water partition coefficient (Wildman–Crippen LogP) is 6.44. The number of aliphatic imine (C=N–C) groups is 1. The van der Waals surface area contributed by atoms with Crippen molar-refractivity contribution in [1.29, 1.82) is 0 Å². The van der Waals surface area contributed by atoms with Crippen molar-refractivity contribution in [2.24, 2.45) is 4.99 Å². The van der Waals surface area contributed by atoms with E-state index in [1.807, 2.05) is 36.4 Å². The zero-order valence-corrected chi connectivity index (χ0v) is 21.0. The van der Waals surface area contributed by atoms with Crippen LogP contribution in [-0.4, -0.2) is 36.2 Å². The number of amides is 1. The summed E-state index contributed by atoms with van der Waals surface area (Å²) in [6, 6.07) is 22.1. The second-order valence-electron chi connectivity index (χ2n) is 7.98. The highest BCUT2D eigenvalue weighted by molar-refractivity contribution is 8.19. The fraction of sp³-hybridized carbons (Fsp3) is 0.185. The molecule has 0 aliphatic carbocycles. The molecule has 5 nitrogen and oxygen atoms in total. The summed E-state index contributed by atoms with van der Waals surface area (Å²) < 4.78 is 18.9. The number of anilines is 1. The van der Waals surface area contributed by atoms with Crippen LogP contribution in [0.5, 0.6) is 5.75 Å². The Balaban J connectivity index is 1.51. The van der Waals surface area contributed by atoms with Crippen molar-refractivity contribution in [3.63, 3.8) is 0 Å². The molecule has 2 aliphatic rings. The third kappa shape index (κ3) is 4.81. The normalized spacial score (nSPS) is 18.5. The minimum atomic E-state index is -0.318. The number of carbonyl (C=O) groups is 1. The van der Waals surface area contributed by atoms with Gasteiger partial charge < -0.3 is 9.64 Å². The third-order valence-electron chi connectivity index (χ3n) is 5.80. The second kappa shape index (κ2) is 10.2. The van der Waals surface area contributed by atoms with Gasteiger partial charge in [0.15, 0.2) is 5.17 Å².